The van der Waals surface area contributed by atoms with Crippen LogP contribution >= 0.6 is 0 Å². The molecule has 1 amide bonds. The van der Waals surface area contributed by atoms with Crippen molar-refractivity contribution in [1.29, 1.82) is 0 Å². The topological polar surface area (TPSA) is 101 Å². The second kappa shape index (κ2) is 5.20. The number of nitrogens with zero attached hydrogens (tertiary/aromatic N) is 4. The van der Waals surface area contributed by atoms with Crippen molar-refractivity contribution in [2.45, 2.75) is 6.54 Å². The van der Waals surface area contributed by atoms with E-state index in [0.29, 0.717) is 23.9 Å². The van der Waals surface area contributed by atoms with E-state index < -0.39 is 0 Å². The largest absolute Gasteiger partial charge is 0.383 e. The molecule has 3 N–H and O–H groups in total. The molecule has 21 heavy (non-hydrogen) atoms. The Balaban J connectivity index is 1.90. The van der Waals surface area contributed by atoms with Gasteiger partial charge in [0.15, 0.2) is 0 Å². The van der Waals surface area contributed by atoms with E-state index in [4.69, 9.17) is 5.73 Å². The first-order valence-corrected chi connectivity index (χ1v) is 6.40. The molecule has 0 spiro atoms. The number of nitrogens with two attached hydrogens (primary N) is 1. The van der Waals surface area contributed by atoms with E-state index in [1.54, 1.807) is 13.1 Å². The Bertz CT molecular complexity index is 783. The Hall–Kier alpha value is -2.96. The van der Waals surface area contributed by atoms with Crippen molar-refractivity contribution in [2.75, 3.05) is 12.8 Å². The van der Waals surface area contributed by atoms with Crippen LogP contribution in [0.3, 0.4) is 0 Å². The van der Waals surface area contributed by atoms with Crippen molar-refractivity contribution < 1.29 is 4.79 Å². The highest BCUT2D eigenvalue weighted by Gasteiger charge is 2.16. The van der Waals surface area contributed by atoms with E-state index in [0.717, 1.165) is 10.8 Å². The Kier molecular flexibility index (Phi) is 3.23. The molecule has 7 heteroatoms. The number of aromatic nitrogens is 4. The molecule has 0 aliphatic heterocycles. The fraction of sp³-hybridized carbons (Fsp3) is 0.143. The van der Waals surface area contributed by atoms with Gasteiger partial charge in [-0.1, -0.05) is 24.3 Å². The molecule has 0 bridgehead atoms. The van der Waals surface area contributed by atoms with Crippen LogP contribution in [0, 0.1) is 0 Å². The summed E-state index contributed by atoms with van der Waals surface area (Å²) in [4.78, 5) is 22.1. The summed E-state index contributed by atoms with van der Waals surface area (Å²) in [6.07, 6.45) is 1.40. The SMILES string of the molecule is CN(Cc1ncn[nH]1)C(=O)c1cc2ccccc2c(N)n1. The lowest BCUT2D eigenvalue weighted by Crippen LogP contribution is -2.27. The van der Waals surface area contributed by atoms with Gasteiger partial charge in [-0.2, -0.15) is 5.10 Å². The fourth-order valence-electron chi connectivity index (χ4n) is 2.13. The molecular weight excluding hydrogens is 268 g/mol. The molecule has 7 nitrogen and oxygen atoms in total. The monoisotopic (exact) mass is 282 g/mol. The molecule has 0 fully saturated rings. The highest BCUT2D eigenvalue weighted by Crippen LogP contribution is 2.20. The molecule has 2 heterocycles. The van der Waals surface area contributed by atoms with Gasteiger partial charge in [-0.15, -0.1) is 0 Å². The van der Waals surface area contributed by atoms with Gasteiger partial charge in [0.25, 0.3) is 5.91 Å². The summed E-state index contributed by atoms with van der Waals surface area (Å²) in [6.45, 7) is 0.327. The lowest BCUT2D eigenvalue weighted by atomic mass is 10.1. The van der Waals surface area contributed by atoms with E-state index in [1.807, 2.05) is 24.3 Å². The third-order valence-electron chi connectivity index (χ3n) is 3.19. The van der Waals surface area contributed by atoms with Crippen molar-refractivity contribution in [2.24, 2.45) is 0 Å². The highest BCUT2D eigenvalue weighted by molar-refractivity contribution is 5.99. The van der Waals surface area contributed by atoms with Crippen molar-refractivity contribution in [3.05, 3.63) is 48.2 Å². The molecule has 0 atom stereocenters. The van der Waals surface area contributed by atoms with E-state index in [9.17, 15) is 4.79 Å². The minimum Gasteiger partial charge on any atom is -0.383 e. The first-order chi connectivity index (χ1) is 10.1. The maximum Gasteiger partial charge on any atom is 0.272 e. The number of rotatable bonds is 3. The van der Waals surface area contributed by atoms with Crippen LogP contribution in [-0.2, 0) is 6.54 Å². The molecule has 2 aromatic heterocycles. The second-order valence-corrected chi connectivity index (χ2v) is 4.71. The van der Waals surface area contributed by atoms with E-state index in [1.165, 1.54) is 11.2 Å². The average Bonchev–Trinajstić information content (AvgIpc) is 2.99. The van der Waals surface area contributed by atoms with Gasteiger partial charge < -0.3 is 10.6 Å². The summed E-state index contributed by atoms with van der Waals surface area (Å²) >= 11 is 0. The van der Waals surface area contributed by atoms with Crippen LogP contribution in [0.1, 0.15) is 16.3 Å². The van der Waals surface area contributed by atoms with Crippen molar-refractivity contribution >= 4 is 22.5 Å². The van der Waals surface area contributed by atoms with Crippen LogP contribution in [0.4, 0.5) is 5.82 Å². The molecule has 0 radical (unpaired) electrons. The normalized spacial score (nSPS) is 10.7. The van der Waals surface area contributed by atoms with Crippen LogP contribution in [-0.4, -0.2) is 38.0 Å². The molecule has 106 valence electrons. The number of aromatic amines is 1. The maximum atomic E-state index is 12.4. The Labute approximate surface area is 120 Å². The Morgan fingerprint density at radius 1 is 1.38 bits per heavy atom. The summed E-state index contributed by atoms with van der Waals surface area (Å²) in [5.74, 6) is 0.743. The predicted octanol–water partition coefficient (Wildman–Crippen LogP) is 1.21. The quantitative estimate of drug-likeness (QED) is 0.752. The molecule has 3 rings (SSSR count). The third-order valence-corrected chi connectivity index (χ3v) is 3.19. The summed E-state index contributed by atoms with van der Waals surface area (Å²) in [5, 5.41) is 8.20. The van der Waals surface area contributed by atoms with Gasteiger partial charge in [-0.25, -0.2) is 9.97 Å². The number of hydrogen-bond donors (Lipinski definition) is 2. The number of pyridine rings is 1. The zero-order valence-electron chi connectivity index (χ0n) is 11.4. The lowest BCUT2D eigenvalue weighted by molar-refractivity contribution is 0.0776. The van der Waals surface area contributed by atoms with Crippen LogP contribution < -0.4 is 5.73 Å². The van der Waals surface area contributed by atoms with Crippen molar-refractivity contribution in [3.8, 4) is 0 Å². The molecular formula is C14H14N6O. The van der Waals surface area contributed by atoms with Gasteiger partial charge in [-0.05, 0) is 11.5 Å². The third kappa shape index (κ3) is 2.53. The number of H-pyrrole nitrogens is 1. The zero-order chi connectivity index (χ0) is 14.8. The number of carbonyl (C=O) groups excluding carboxylic acids is 1. The number of fused-ring (bicyclic) bond motifs is 1. The van der Waals surface area contributed by atoms with E-state index in [-0.39, 0.29) is 5.91 Å². The van der Waals surface area contributed by atoms with E-state index in [2.05, 4.69) is 20.2 Å². The van der Waals surface area contributed by atoms with Gasteiger partial charge in [0.05, 0.1) is 6.54 Å². The summed E-state index contributed by atoms with van der Waals surface area (Å²) < 4.78 is 0. The lowest BCUT2D eigenvalue weighted by Gasteiger charge is -2.15. The van der Waals surface area contributed by atoms with Gasteiger partial charge >= 0.3 is 0 Å². The summed E-state index contributed by atoms with van der Waals surface area (Å²) in [7, 11) is 1.68. The Morgan fingerprint density at radius 2 is 2.19 bits per heavy atom. The van der Waals surface area contributed by atoms with Crippen LogP contribution in [0.2, 0.25) is 0 Å². The minimum absolute atomic E-state index is 0.219. The highest BCUT2D eigenvalue weighted by atomic mass is 16.2. The van der Waals surface area contributed by atoms with Gasteiger partial charge in [0.2, 0.25) is 0 Å². The number of anilines is 1. The number of carbonyl (C=O) groups is 1. The minimum atomic E-state index is -0.219. The van der Waals surface area contributed by atoms with Gasteiger partial charge in [0, 0.05) is 12.4 Å². The molecule has 0 unspecified atom stereocenters. The van der Waals surface area contributed by atoms with Crippen molar-refractivity contribution in [1.82, 2.24) is 25.1 Å². The molecule has 3 aromatic rings. The summed E-state index contributed by atoms with van der Waals surface area (Å²) in [5.41, 5.74) is 6.23. The second-order valence-electron chi connectivity index (χ2n) is 4.71. The first-order valence-electron chi connectivity index (χ1n) is 6.40. The Morgan fingerprint density at radius 3 is 2.95 bits per heavy atom. The van der Waals surface area contributed by atoms with Gasteiger partial charge in [-0.3, -0.25) is 9.89 Å². The van der Waals surface area contributed by atoms with Gasteiger partial charge in [0.1, 0.15) is 23.7 Å². The first kappa shape index (κ1) is 13.0. The molecule has 1 aromatic carbocycles. The fourth-order valence-corrected chi connectivity index (χ4v) is 2.13. The predicted molar refractivity (Wildman–Crippen MR) is 78.3 cm³/mol. The van der Waals surface area contributed by atoms with Crippen LogP contribution in [0.25, 0.3) is 10.8 Å². The molecule has 0 aliphatic carbocycles. The number of nitrogens with one attached hydrogen (secondary N) is 1. The number of nitrogen functional groups attached to an aromatic ring is 1. The maximum absolute atomic E-state index is 12.4. The zero-order valence-corrected chi connectivity index (χ0v) is 11.4. The smallest absolute Gasteiger partial charge is 0.272 e. The number of amides is 1. The molecule has 0 saturated carbocycles. The molecule has 0 aliphatic rings. The number of hydrogen-bond acceptors (Lipinski definition) is 5. The van der Waals surface area contributed by atoms with Crippen LogP contribution in [0.5, 0.6) is 0 Å². The van der Waals surface area contributed by atoms with Crippen LogP contribution in [0.15, 0.2) is 36.7 Å². The van der Waals surface area contributed by atoms with Crippen molar-refractivity contribution in [3.63, 3.8) is 0 Å². The van der Waals surface area contributed by atoms with E-state index >= 15 is 0 Å². The number of benzene rings is 1. The standard InChI is InChI=1S/C14H14N6O/c1-20(7-12-16-8-17-19-12)14(21)11-6-9-4-2-3-5-10(9)13(15)18-11/h2-6,8H,7H2,1H3,(H2,15,18)(H,16,17,19). The summed E-state index contributed by atoms with van der Waals surface area (Å²) in [6, 6.07) is 9.31. The molecule has 0 saturated heterocycles. The average molecular weight is 282 g/mol.